The molecule has 3 rings (SSSR count). The number of alkyl halides is 3. The summed E-state index contributed by atoms with van der Waals surface area (Å²) in [5, 5.41) is 3.19. The summed E-state index contributed by atoms with van der Waals surface area (Å²) in [6, 6.07) is 10.2. The summed E-state index contributed by atoms with van der Waals surface area (Å²) in [6.07, 6.45) is -2.14. The Labute approximate surface area is 180 Å². The summed E-state index contributed by atoms with van der Waals surface area (Å²) >= 11 is 6.98. The van der Waals surface area contributed by atoms with Crippen LogP contribution in [-0.4, -0.2) is 17.5 Å². The van der Waals surface area contributed by atoms with E-state index < -0.39 is 11.7 Å². The molecule has 0 bridgehead atoms. The Kier molecular flexibility index (Phi) is 6.99. The van der Waals surface area contributed by atoms with Gasteiger partial charge in [0.2, 0.25) is 0 Å². The third-order valence-electron chi connectivity index (χ3n) is 4.10. The molecule has 1 amide bonds. The highest BCUT2D eigenvalue weighted by Crippen LogP contribution is 2.35. The minimum atomic E-state index is -4.48. The molecule has 1 aromatic heterocycles. The largest absolute Gasteiger partial charge is 0.494 e. The smallest absolute Gasteiger partial charge is 0.416 e. The average Bonchev–Trinajstić information content (AvgIpc) is 3.12. The van der Waals surface area contributed by atoms with Crippen molar-refractivity contribution in [1.82, 2.24) is 4.98 Å². The minimum absolute atomic E-state index is 0.00635. The van der Waals surface area contributed by atoms with Crippen molar-refractivity contribution >= 4 is 34.0 Å². The number of nitrogens with zero attached hydrogens (tertiary/aromatic N) is 1. The van der Waals surface area contributed by atoms with Gasteiger partial charge in [-0.25, -0.2) is 4.98 Å². The number of nitrogens with one attached hydrogen (secondary N) is 1. The monoisotopic (exact) mass is 454 g/mol. The van der Waals surface area contributed by atoms with Gasteiger partial charge in [0, 0.05) is 28.1 Å². The van der Waals surface area contributed by atoms with Crippen LogP contribution >= 0.6 is 22.9 Å². The molecule has 30 heavy (non-hydrogen) atoms. The molecule has 3 aromatic rings. The summed E-state index contributed by atoms with van der Waals surface area (Å²) < 4.78 is 45.1. The van der Waals surface area contributed by atoms with Gasteiger partial charge in [0.05, 0.1) is 12.2 Å². The van der Waals surface area contributed by atoms with E-state index in [1.54, 1.807) is 24.3 Å². The second-order valence-electron chi connectivity index (χ2n) is 6.43. The number of aromatic nitrogens is 1. The first-order valence-corrected chi connectivity index (χ1v) is 10.3. The predicted molar refractivity (Wildman–Crippen MR) is 112 cm³/mol. The fraction of sp³-hybridized carbons (Fsp3) is 0.238. The van der Waals surface area contributed by atoms with Crippen LogP contribution in [0.5, 0.6) is 5.75 Å². The van der Waals surface area contributed by atoms with Crippen molar-refractivity contribution in [2.45, 2.75) is 25.9 Å². The van der Waals surface area contributed by atoms with E-state index in [4.69, 9.17) is 16.3 Å². The number of ether oxygens (including phenoxy) is 1. The van der Waals surface area contributed by atoms with E-state index in [9.17, 15) is 18.0 Å². The molecule has 0 aliphatic heterocycles. The van der Waals surface area contributed by atoms with Gasteiger partial charge in [0.15, 0.2) is 5.13 Å². The van der Waals surface area contributed by atoms with E-state index >= 15 is 0 Å². The topological polar surface area (TPSA) is 51.2 Å². The number of carbonyl (C=O) groups is 1. The maximum atomic E-state index is 13.2. The Hall–Kier alpha value is -2.58. The molecule has 0 saturated carbocycles. The lowest BCUT2D eigenvalue weighted by molar-refractivity contribution is -0.138. The molecule has 158 valence electrons. The maximum Gasteiger partial charge on any atom is 0.416 e. The number of hydrogen-bond acceptors (Lipinski definition) is 4. The van der Waals surface area contributed by atoms with Gasteiger partial charge in [-0.2, -0.15) is 13.2 Å². The van der Waals surface area contributed by atoms with Gasteiger partial charge in [-0.05, 0) is 54.4 Å². The SMILES string of the molecule is CCCOc1ccc(C(=O)Nc2ncc(Cc3cc(Cl)ccc3C(F)(F)F)s2)cc1. The summed E-state index contributed by atoms with van der Waals surface area (Å²) in [4.78, 5) is 17.1. The summed E-state index contributed by atoms with van der Waals surface area (Å²) in [7, 11) is 0. The highest BCUT2D eigenvalue weighted by atomic mass is 35.5. The minimum Gasteiger partial charge on any atom is -0.494 e. The predicted octanol–water partition coefficient (Wildman–Crippen LogP) is 6.45. The number of hydrogen-bond donors (Lipinski definition) is 1. The van der Waals surface area contributed by atoms with Gasteiger partial charge in [0.25, 0.3) is 5.91 Å². The maximum absolute atomic E-state index is 13.2. The van der Waals surface area contributed by atoms with Gasteiger partial charge in [-0.15, -0.1) is 11.3 Å². The second kappa shape index (κ2) is 9.49. The summed E-state index contributed by atoms with van der Waals surface area (Å²) in [5.74, 6) is 0.309. The molecule has 0 spiro atoms. The van der Waals surface area contributed by atoms with E-state index in [1.165, 1.54) is 18.3 Å². The molecule has 0 radical (unpaired) electrons. The van der Waals surface area contributed by atoms with E-state index in [0.717, 1.165) is 23.8 Å². The quantitative estimate of drug-likeness (QED) is 0.446. The first-order valence-electron chi connectivity index (χ1n) is 9.11. The Bertz CT molecular complexity index is 1020. The van der Waals surface area contributed by atoms with Crippen LogP contribution in [0.25, 0.3) is 0 Å². The lowest BCUT2D eigenvalue weighted by atomic mass is 10.0. The van der Waals surface area contributed by atoms with Crippen LogP contribution in [0.3, 0.4) is 0 Å². The highest BCUT2D eigenvalue weighted by Gasteiger charge is 2.33. The van der Waals surface area contributed by atoms with Crippen LogP contribution in [0.15, 0.2) is 48.7 Å². The highest BCUT2D eigenvalue weighted by molar-refractivity contribution is 7.15. The number of anilines is 1. The van der Waals surface area contributed by atoms with E-state index in [-0.39, 0.29) is 22.9 Å². The molecular weight excluding hydrogens is 437 g/mol. The lowest BCUT2D eigenvalue weighted by Crippen LogP contribution is -2.11. The van der Waals surface area contributed by atoms with Gasteiger partial charge < -0.3 is 4.74 Å². The second-order valence-corrected chi connectivity index (χ2v) is 7.99. The molecule has 1 N–H and O–H groups in total. The molecule has 0 fully saturated rings. The number of halogens is 4. The Morgan fingerprint density at radius 2 is 1.93 bits per heavy atom. The summed E-state index contributed by atoms with van der Waals surface area (Å²) in [6.45, 7) is 2.59. The number of rotatable bonds is 7. The molecule has 9 heteroatoms. The zero-order valence-electron chi connectivity index (χ0n) is 15.9. The van der Waals surface area contributed by atoms with Crippen LogP contribution < -0.4 is 10.1 Å². The lowest BCUT2D eigenvalue weighted by Gasteiger charge is -2.12. The fourth-order valence-corrected chi connectivity index (χ4v) is 3.74. The van der Waals surface area contributed by atoms with Crippen molar-refractivity contribution in [2.75, 3.05) is 11.9 Å². The molecule has 0 saturated heterocycles. The standard InChI is InChI=1S/C21H18ClF3N2O2S/c1-2-9-29-16-6-3-13(4-7-16)19(28)27-20-26-12-17(30-20)11-14-10-15(22)5-8-18(14)21(23,24)25/h3-8,10,12H,2,9,11H2,1H3,(H,26,27,28). The van der Waals surface area contributed by atoms with Gasteiger partial charge in [-0.3, -0.25) is 10.1 Å². The average molecular weight is 455 g/mol. The molecule has 4 nitrogen and oxygen atoms in total. The van der Waals surface area contributed by atoms with Crippen LogP contribution in [0.2, 0.25) is 5.02 Å². The molecule has 0 aliphatic carbocycles. The normalized spacial score (nSPS) is 11.4. The van der Waals surface area contributed by atoms with Crippen molar-refractivity contribution in [3.8, 4) is 5.75 Å². The Morgan fingerprint density at radius 1 is 1.20 bits per heavy atom. The number of thiazole rings is 1. The van der Waals surface area contributed by atoms with Gasteiger partial charge in [-0.1, -0.05) is 18.5 Å². The van der Waals surface area contributed by atoms with Crippen LogP contribution in [0, 0.1) is 0 Å². The van der Waals surface area contributed by atoms with E-state index in [2.05, 4.69) is 10.3 Å². The number of carbonyl (C=O) groups excluding carboxylic acids is 1. The van der Waals surface area contributed by atoms with Crippen molar-refractivity contribution in [2.24, 2.45) is 0 Å². The molecule has 0 unspecified atom stereocenters. The molecule has 1 heterocycles. The first kappa shape index (κ1) is 22.1. The zero-order chi connectivity index (χ0) is 21.7. The zero-order valence-corrected chi connectivity index (χ0v) is 17.5. The van der Waals surface area contributed by atoms with Crippen molar-refractivity contribution in [1.29, 1.82) is 0 Å². The van der Waals surface area contributed by atoms with Crippen molar-refractivity contribution in [3.05, 3.63) is 75.3 Å². The molecule has 2 aromatic carbocycles. The van der Waals surface area contributed by atoms with Crippen LogP contribution in [-0.2, 0) is 12.6 Å². The first-order chi connectivity index (χ1) is 14.3. The van der Waals surface area contributed by atoms with E-state index in [0.29, 0.717) is 27.9 Å². The van der Waals surface area contributed by atoms with Crippen LogP contribution in [0.4, 0.5) is 18.3 Å². The number of benzene rings is 2. The van der Waals surface area contributed by atoms with Gasteiger partial charge in [0.1, 0.15) is 5.75 Å². The summed E-state index contributed by atoms with van der Waals surface area (Å²) in [5.41, 5.74) is -0.264. The van der Waals surface area contributed by atoms with E-state index in [1.807, 2.05) is 6.92 Å². The Balaban J connectivity index is 1.69. The van der Waals surface area contributed by atoms with Gasteiger partial charge >= 0.3 is 6.18 Å². The fourth-order valence-electron chi connectivity index (χ4n) is 2.71. The number of amides is 1. The molecule has 0 aliphatic rings. The van der Waals surface area contributed by atoms with Crippen LogP contribution in [0.1, 0.15) is 39.7 Å². The van der Waals surface area contributed by atoms with Crippen molar-refractivity contribution < 1.29 is 22.7 Å². The Morgan fingerprint density at radius 3 is 2.60 bits per heavy atom. The molecular formula is C21H18ClF3N2O2S. The van der Waals surface area contributed by atoms with Crippen molar-refractivity contribution in [3.63, 3.8) is 0 Å². The third kappa shape index (κ3) is 5.73. The molecule has 0 atom stereocenters. The third-order valence-corrected chi connectivity index (χ3v) is 5.25.